The number of para-hydroxylation sites is 1. The Morgan fingerprint density at radius 2 is 1.95 bits per heavy atom. The minimum atomic E-state index is 0.672. The summed E-state index contributed by atoms with van der Waals surface area (Å²) in [6.45, 7) is 9.19. The second kappa shape index (κ2) is 6.99. The van der Waals surface area contributed by atoms with Crippen LogP contribution >= 0.6 is 11.6 Å². The van der Waals surface area contributed by atoms with Gasteiger partial charge in [-0.1, -0.05) is 30.7 Å². The zero-order valence-electron chi connectivity index (χ0n) is 12.9. The molecule has 0 radical (unpaired) electrons. The molecule has 4 heteroatoms. The van der Waals surface area contributed by atoms with E-state index in [9.17, 15) is 0 Å². The molecule has 1 aromatic carbocycles. The number of benzene rings is 1. The fraction of sp³-hybridized carbons (Fsp3) is 0.647. The predicted molar refractivity (Wildman–Crippen MR) is 90.3 cm³/mol. The van der Waals surface area contributed by atoms with Gasteiger partial charge in [0.15, 0.2) is 0 Å². The summed E-state index contributed by atoms with van der Waals surface area (Å²) in [4.78, 5) is 5.02. The van der Waals surface area contributed by atoms with Crippen molar-refractivity contribution < 1.29 is 0 Å². The molecule has 2 aliphatic heterocycles. The van der Waals surface area contributed by atoms with Crippen molar-refractivity contribution in [3.63, 3.8) is 0 Å². The van der Waals surface area contributed by atoms with E-state index in [1.807, 2.05) is 12.1 Å². The Bertz CT molecular complexity index is 457. The van der Waals surface area contributed by atoms with E-state index >= 15 is 0 Å². The standard InChI is InChI=1S/C17H26ClN3/c1-14-5-4-8-19-16(14)13-20-9-11-21(12-10-20)17-7-3-2-6-15(17)18/h2-3,6-7,14,16,19H,4-5,8-13H2,1H3. The van der Waals surface area contributed by atoms with Gasteiger partial charge in [-0.15, -0.1) is 0 Å². The average molecular weight is 308 g/mol. The Labute approximate surface area is 133 Å². The topological polar surface area (TPSA) is 18.5 Å². The maximum Gasteiger partial charge on any atom is 0.0639 e. The van der Waals surface area contributed by atoms with Crippen molar-refractivity contribution in [2.75, 3.05) is 44.2 Å². The molecule has 1 N–H and O–H groups in total. The normalized spacial score (nSPS) is 27.8. The van der Waals surface area contributed by atoms with Crippen molar-refractivity contribution in [3.8, 4) is 0 Å². The van der Waals surface area contributed by atoms with Crippen molar-refractivity contribution in [1.29, 1.82) is 0 Å². The van der Waals surface area contributed by atoms with Crippen LogP contribution < -0.4 is 10.2 Å². The number of hydrogen-bond donors (Lipinski definition) is 1. The van der Waals surface area contributed by atoms with Gasteiger partial charge >= 0.3 is 0 Å². The van der Waals surface area contributed by atoms with Crippen molar-refractivity contribution in [1.82, 2.24) is 10.2 Å². The maximum atomic E-state index is 6.30. The van der Waals surface area contributed by atoms with Gasteiger partial charge < -0.3 is 10.2 Å². The third-order valence-corrected chi connectivity index (χ3v) is 5.27. The summed E-state index contributed by atoms with van der Waals surface area (Å²) >= 11 is 6.30. The van der Waals surface area contributed by atoms with Crippen molar-refractivity contribution in [2.45, 2.75) is 25.8 Å². The van der Waals surface area contributed by atoms with Crippen LogP contribution in [0.1, 0.15) is 19.8 Å². The summed E-state index contributed by atoms with van der Waals surface area (Å²) in [5.41, 5.74) is 1.18. The lowest BCUT2D eigenvalue weighted by molar-refractivity contribution is 0.183. The molecule has 0 saturated carbocycles. The van der Waals surface area contributed by atoms with Crippen LogP contribution in [0.15, 0.2) is 24.3 Å². The smallest absolute Gasteiger partial charge is 0.0639 e. The third-order valence-electron chi connectivity index (χ3n) is 4.95. The van der Waals surface area contributed by atoms with E-state index in [1.54, 1.807) is 0 Å². The fourth-order valence-electron chi connectivity index (χ4n) is 3.52. The molecule has 3 nitrogen and oxygen atoms in total. The summed E-state index contributed by atoms with van der Waals surface area (Å²) < 4.78 is 0. The van der Waals surface area contributed by atoms with Crippen LogP contribution in [0.3, 0.4) is 0 Å². The number of nitrogens with one attached hydrogen (secondary N) is 1. The number of piperidine rings is 1. The van der Waals surface area contributed by atoms with Crippen LogP contribution in [0.2, 0.25) is 5.02 Å². The minimum Gasteiger partial charge on any atom is -0.368 e. The molecule has 21 heavy (non-hydrogen) atoms. The van der Waals surface area contributed by atoms with Crippen LogP contribution in [0.4, 0.5) is 5.69 Å². The summed E-state index contributed by atoms with van der Waals surface area (Å²) in [5, 5.41) is 4.56. The van der Waals surface area contributed by atoms with Crippen LogP contribution in [-0.2, 0) is 0 Å². The molecule has 0 bridgehead atoms. The van der Waals surface area contributed by atoms with E-state index in [0.717, 1.165) is 37.1 Å². The monoisotopic (exact) mass is 307 g/mol. The first-order valence-electron chi connectivity index (χ1n) is 8.19. The zero-order chi connectivity index (χ0) is 14.7. The third kappa shape index (κ3) is 3.71. The first-order valence-corrected chi connectivity index (χ1v) is 8.57. The lowest BCUT2D eigenvalue weighted by Gasteiger charge is -2.40. The first-order chi connectivity index (χ1) is 10.2. The highest BCUT2D eigenvalue weighted by Gasteiger charge is 2.25. The van der Waals surface area contributed by atoms with E-state index in [2.05, 4.69) is 34.2 Å². The van der Waals surface area contributed by atoms with Gasteiger partial charge in [-0.2, -0.15) is 0 Å². The van der Waals surface area contributed by atoms with Gasteiger partial charge in [0.25, 0.3) is 0 Å². The Morgan fingerprint density at radius 3 is 2.67 bits per heavy atom. The molecule has 0 spiro atoms. The molecule has 2 aliphatic rings. The maximum absolute atomic E-state index is 6.30. The van der Waals surface area contributed by atoms with Crippen molar-refractivity contribution >= 4 is 17.3 Å². The molecule has 0 aliphatic carbocycles. The molecule has 2 atom stereocenters. The van der Waals surface area contributed by atoms with Gasteiger partial charge in [0.05, 0.1) is 10.7 Å². The number of nitrogens with zero attached hydrogens (tertiary/aromatic N) is 2. The number of hydrogen-bond acceptors (Lipinski definition) is 3. The minimum absolute atomic E-state index is 0.672. The molecule has 116 valence electrons. The molecule has 1 aromatic rings. The second-order valence-corrected chi connectivity index (χ2v) is 6.83. The summed E-state index contributed by atoms with van der Waals surface area (Å²) in [6.07, 6.45) is 2.70. The molecule has 2 saturated heterocycles. The average Bonchev–Trinajstić information content (AvgIpc) is 2.51. The number of rotatable bonds is 3. The number of piperazine rings is 1. The number of anilines is 1. The fourth-order valence-corrected chi connectivity index (χ4v) is 3.77. The van der Waals surface area contributed by atoms with E-state index in [0.29, 0.717) is 6.04 Å². The Hall–Kier alpha value is -0.770. The quantitative estimate of drug-likeness (QED) is 0.926. The largest absolute Gasteiger partial charge is 0.368 e. The van der Waals surface area contributed by atoms with Crippen molar-refractivity contribution in [2.24, 2.45) is 5.92 Å². The van der Waals surface area contributed by atoms with E-state index < -0.39 is 0 Å². The highest BCUT2D eigenvalue weighted by molar-refractivity contribution is 6.33. The van der Waals surface area contributed by atoms with E-state index in [4.69, 9.17) is 11.6 Å². The summed E-state index contributed by atoms with van der Waals surface area (Å²) in [7, 11) is 0. The zero-order valence-corrected chi connectivity index (χ0v) is 13.6. The molecular weight excluding hydrogens is 282 g/mol. The van der Waals surface area contributed by atoms with Crippen molar-refractivity contribution in [3.05, 3.63) is 29.3 Å². The SMILES string of the molecule is CC1CCCNC1CN1CCN(c2ccccc2Cl)CC1. The van der Waals surface area contributed by atoms with Gasteiger partial charge in [-0.25, -0.2) is 0 Å². The van der Waals surface area contributed by atoms with Crippen LogP contribution in [0, 0.1) is 5.92 Å². The number of halogens is 1. The second-order valence-electron chi connectivity index (χ2n) is 6.42. The molecule has 2 fully saturated rings. The molecule has 0 aromatic heterocycles. The highest BCUT2D eigenvalue weighted by Crippen LogP contribution is 2.26. The first kappa shape index (κ1) is 15.1. The van der Waals surface area contributed by atoms with Gasteiger partial charge in [0.1, 0.15) is 0 Å². The molecule has 3 rings (SSSR count). The summed E-state index contributed by atoms with van der Waals surface area (Å²) in [5.74, 6) is 0.806. The molecule has 2 heterocycles. The Kier molecular flexibility index (Phi) is 5.04. The molecule has 0 amide bonds. The van der Waals surface area contributed by atoms with E-state index in [-0.39, 0.29) is 0 Å². The van der Waals surface area contributed by atoms with Crippen LogP contribution in [-0.4, -0.2) is 50.2 Å². The Balaban J connectivity index is 1.52. The van der Waals surface area contributed by atoms with E-state index in [1.165, 1.54) is 31.6 Å². The Morgan fingerprint density at radius 1 is 1.19 bits per heavy atom. The highest BCUT2D eigenvalue weighted by atomic mass is 35.5. The summed E-state index contributed by atoms with van der Waals surface area (Å²) in [6, 6.07) is 8.85. The lowest BCUT2D eigenvalue weighted by Crippen LogP contribution is -2.53. The predicted octanol–water partition coefficient (Wildman–Crippen LogP) is 2.85. The van der Waals surface area contributed by atoms with Crippen LogP contribution in [0.25, 0.3) is 0 Å². The van der Waals surface area contributed by atoms with Gasteiger partial charge in [0.2, 0.25) is 0 Å². The molecule has 2 unspecified atom stereocenters. The van der Waals surface area contributed by atoms with Gasteiger partial charge in [-0.3, -0.25) is 4.90 Å². The lowest BCUT2D eigenvalue weighted by atomic mass is 9.92. The van der Waals surface area contributed by atoms with Gasteiger partial charge in [0, 0.05) is 38.8 Å². The van der Waals surface area contributed by atoms with Gasteiger partial charge in [-0.05, 0) is 37.4 Å². The van der Waals surface area contributed by atoms with Crippen LogP contribution in [0.5, 0.6) is 0 Å². The molecular formula is C17H26ClN3.